The van der Waals surface area contributed by atoms with Crippen molar-refractivity contribution < 1.29 is 14.4 Å². The molecule has 0 saturated heterocycles. The van der Waals surface area contributed by atoms with E-state index in [1.807, 2.05) is 56.3 Å². The highest BCUT2D eigenvalue weighted by molar-refractivity contribution is 9.10. The van der Waals surface area contributed by atoms with Gasteiger partial charge >= 0.3 is 0 Å². The van der Waals surface area contributed by atoms with Crippen LogP contribution in [0.1, 0.15) is 21.5 Å². The van der Waals surface area contributed by atoms with E-state index < -0.39 is 11.8 Å². The van der Waals surface area contributed by atoms with Crippen LogP contribution in [0.2, 0.25) is 5.02 Å². The Kier molecular flexibility index (Phi) is 8.12. The van der Waals surface area contributed by atoms with Crippen LogP contribution in [0.4, 0.5) is 17.1 Å². The third-order valence-corrected chi connectivity index (χ3v) is 8.17. The number of anilines is 3. The Morgan fingerprint density at radius 2 is 1.55 bits per heavy atom. The fourth-order valence-corrected chi connectivity index (χ4v) is 5.43. The number of carbonyl (C=O) groups excluding carboxylic acids is 3. The van der Waals surface area contributed by atoms with Gasteiger partial charge in [-0.25, -0.2) is 4.90 Å². The SMILES string of the molecule is Cc1ccc(N2C(=O)C(Nc3ccc(Br)cc3)=C(Sc3cccc(NC(=O)c4ccc(Cl)cc4)c3)C2=O)cc1C. The van der Waals surface area contributed by atoms with Crippen LogP contribution in [-0.2, 0) is 9.59 Å². The fourth-order valence-electron chi connectivity index (χ4n) is 4.05. The first-order valence-corrected chi connectivity index (χ1v) is 14.3. The summed E-state index contributed by atoms with van der Waals surface area (Å²) < 4.78 is 0.893. The van der Waals surface area contributed by atoms with Crippen molar-refractivity contribution in [2.45, 2.75) is 18.7 Å². The summed E-state index contributed by atoms with van der Waals surface area (Å²) in [5.41, 5.74) is 4.42. The molecule has 0 bridgehead atoms. The van der Waals surface area contributed by atoms with Gasteiger partial charge in [-0.05, 0) is 104 Å². The smallest absolute Gasteiger partial charge is 0.283 e. The minimum absolute atomic E-state index is 0.186. The third kappa shape index (κ3) is 5.99. The summed E-state index contributed by atoms with van der Waals surface area (Å²) in [5, 5.41) is 6.58. The number of hydrogen-bond acceptors (Lipinski definition) is 5. The molecule has 5 rings (SSSR count). The monoisotopic (exact) mass is 631 g/mol. The number of carbonyl (C=O) groups is 3. The van der Waals surface area contributed by atoms with E-state index in [0.29, 0.717) is 32.5 Å². The largest absolute Gasteiger partial charge is 0.350 e. The topological polar surface area (TPSA) is 78.5 Å². The van der Waals surface area contributed by atoms with Gasteiger partial charge in [-0.1, -0.05) is 51.4 Å². The van der Waals surface area contributed by atoms with Crippen molar-refractivity contribution in [3.63, 3.8) is 0 Å². The van der Waals surface area contributed by atoms with Crippen LogP contribution in [0.15, 0.2) is 111 Å². The molecular formula is C31H23BrClN3O3S. The maximum atomic E-state index is 13.7. The highest BCUT2D eigenvalue weighted by atomic mass is 79.9. The lowest BCUT2D eigenvalue weighted by atomic mass is 10.1. The summed E-state index contributed by atoms with van der Waals surface area (Å²) in [6.45, 7) is 3.92. The molecule has 4 aromatic rings. The first kappa shape index (κ1) is 27.7. The molecule has 0 spiro atoms. The van der Waals surface area contributed by atoms with Gasteiger partial charge in [0, 0.05) is 31.3 Å². The molecule has 0 aliphatic carbocycles. The van der Waals surface area contributed by atoms with Crippen molar-refractivity contribution >= 4 is 74.1 Å². The van der Waals surface area contributed by atoms with Crippen molar-refractivity contribution in [1.29, 1.82) is 0 Å². The van der Waals surface area contributed by atoms with Crippen LogP contribution >= 0.6 is 39.3 Å². The molecule has 1 aliphatic heterocycles. The number of halogens is 2. The van der Waals surface area contributed by atoms with Crippen molar-refractivity contribution in [2.24, 2.45) is 0 Å². The number of rotatable bonds is 7. The number of nitrogens with zero attached hydrogens (tertiary/aromatic N) is 1. The number of aryl methyl sites for hydroxylation is 2. The lowest BCUT2D eigenvalue weighted by molar-refractivity contribution is -0.120. The van der Waals surface area contributed by atoms with Crippen molar-refractivity contribution in [2.75, 3.05) is 15.5 Å². The summed E-state index contributed by atoms with van der Waals surface area (Å²) in [6, 6.07) is 26.6. The Labute approximate surface area is 249 Å². The molecule has 9 heteroatoms. The predicted octanol–water partition coefficient (Wildman–Crippen LogP) is 7.96. The molecule has 1 heterocycles. The van der Waals surface area contributed by atoms with E-state index >= 15 is 0 Å². The Hall–Kier alpha value is -3.85. The van der Waals surface area contributed by atoms with Gasteiger partial charge in [-0.15, -0.1) is 0 Å². The zero-order valence-corrected chi connectivity index (χ0v) is 24.7. The molecule has 40 heavy (non-hydrogen) atoms. The fraction of sp³-hybridized carbons (Fsp3) is 0.0645. The molecular weight excluding hydrogens is 610 g/mol. The van der Waals surface area contributed by atoms with E-state index in [-0.39, 0.29) is 16.5 Å². The van der Waals surface area contributed by atoms with Gasteiger partial charge in [0.25, 0.3) is 17.7 Å². The molecule has 3 amide bonds. The van der Waals surface area contributed by atoms with Gasteiger partial charge in [0.05, 0.1) is 5.69 Å². The molecule has 0 saturated carbocycles. The van der Waals surface area contributed by atoms with Gasteiger partial charge < -0.3 is 10.6 Å². The molecule has 4 aromatic carbocycles. The van der Waals surface area contributed by atoms with E-state index in [1.54, 1.807) is 48.5 Å². The van der Waals surface area contributed by atoms with Crippen LogP contribution in [-0.4, -0.2) is 17.7 Å². The van der Waals surface area contributed by atoms with E-state index in [4.69, 9.17) is 11.6 Å². The van der Waals surface area contributed by atoms with Gasteiger partial charge in [0.2, 0.25) is 0 Å². The Bertz CT molecular complexity index is 1670. The molecule has 0 atom stereocenters. The van der Waals surface area contributed by atoms with Crippen molar-refractivity contribution in [3.05, 3.63) is 128 Å². The van der Waals surface area contributed by atoms with E-state index in [9.17, 15) is 14.4 Å². The normalized spacial score (nSPS) is 13.2. The second-order valence-electron chi connectivity index (χ2n) is 9.14. The highest BCUT2D eigenvalue weighted by Gasteiger charge is 2.40. The van der Waals surface area contributed by atoms with Crippen molar-refractivity contribution in [3.8, 4) is 0 Å². The van der Waals surface area contributed by atoms with Crippen molar-refractivity contribution in [1.82, 2.24) is 0 Å². The lowest BCUT2D eigenvalue weighted by Gasteiger charge is -2.16. The number of thioether (sulfide) groups is 1. The summed E-state index contributed by atoms with van der Waals surface area (Å²) >= 11 is 10.5. The summed E-state index contributed by atoms with van der Waals surface area (Å²) in [5.74, 6) is -1.15. The number of hydrogen-bond donors (Lipinski definition) is 2. The standard InChI is InChI=1S/C31H23BrClN3O3S/c1-18-6-15-25(16-19(18)2)36-30(38)27(34-23-13-9-21(32)10-14-23)28(31(36)39)40-26-5-3-4-24(17-26)35-29(37)20-7-11-22(33)12-8-20/h3-17,34H,1-2H3,(H,35,37). The van der Waals surface area contributed by atoms with Gasteiger partial charge in [-0.3, -0.25) is 14.4 Å². The van der Waals surface area contributed by atoms with Crippen LogP contribution in [0, 0.1) is 13.8 Å². The molecule has 6 nitrogen and oxygen atoms in total. The average Bonchev–Trinajstić information content (AvgIpc) is 3.16. The van der Waals surface area contributed by atoms with E-state index in [0.717, 1.165) is 15.6 Å². The van der Waals surface area contributed by atoms with Crippen LogP contribution in [0.5, 0.6) is 0 Å². The number of imide groups is 1. The Balaban J connectivity index is 1.46. The van der Waals surface area contributed by atoms with Gasteiger partial charge in [0.15, 0.2) is 0 Å². The summed E-state index contributed by atoms with van der Waals surface area (Å²) in [6.07, 6.45) is 0. The quantitative estimate of drug-likeness (QED) is 0.202. The summed E-state index contributed by atoms with van der Waals surface area (Å²) in [7, 11) is 0. The average molecular weight is 633 g/mol. The molecule has 200 valence electrons. The van der Waals surface area contributed by atoms with Crippen LogP contribution in [0.25, 0.3) is 0 Å². The minimum Gasteiger partial charge on any atom is -0.350 e. The number of benzene rings is 4. The number of amides is 3. The zero-order chi connectivity index (χ0) is 28.4. The molecule has 0 fully saturated rings. The highest BCUT2D eigenvalue weighted by Crippen LogP contribution is 2.39. The van der Waals surface area contributed by atoms with Gasteiger partial charge in [-0.2, -0.15) is 0 Å². The van der Waals surface area contributed by atoms with E-state index in [2.05, 4.69) is 26.6 Å². The maximum Gasteiger partial charge on any atom is 0.283 e. The minimum atomic E-state index is -0.439. The molecule has 1 aliphatic rings. The number of nitrogens with one attached hydrogen (secondary N) is 2. The first-order valence-electron chi connectivity index (χ1n) is 12.3. The summed E-state index contributed by atoms with van der Waals surface area (Å²) in [4.78, 5) is 42.3. The van der Waals surface area contributed by atoms with Crippen LogP contribution < -0.4 is 15.5 Å². The lowest BCUT2D eigenvalue weighted by Crippen LogP contribution is -2.32. The first-order chi connectivity index (χ1) is 19.2. The second kappa shape index (κ2) is 11.7. The Morgan fingerprint density at radius 1 is 0.825 bits per heavy atom. The van der Waals surface area contributed by atoms with E-state index in [1.165, 1.54) is 16.7 Å². The molecule has 0 radical (unpaired) electrons. The van der Waals surface area contributed by atoms with Gasteiger partial charge in [0.1, 0.15) is 10.6 Å². The third-order valence-electron chi connectivity index (χ3n) is 6.32. The second-order valence-corrected chi connectivity index (χ2v) is 11.6. The Morgan fingerprint density at radius 3 is 2.25 bits per heavy atom. The predicted molar refractivity (Wildman–Crippen MR) is 165 cm³/mol. The molecule has 0 unspecified atom stereocenters. The maximum absolute atomic E-state index is 13.7. The molecule has 2 N–H and O–H groups in total. The zero-order valence-electron chi connectivity index (χ0n) is 21.5. The molecule has 0 aromatic heterocycles. The van der Waals surface area contributed by atoms with Crippen LogP contribution in [0.3, 0.4) is 0 Å².